The van der Waals surface area contributed by atoms with Gasteiger partial charge in [0.05, 0.1) is 11.2 Å². The molecule has 0 aliphatic carbocycles. The normalized spacial score (nSPS) is 15.4. The van der Waals surface area contributed by atoms with Crippen LogP contribution in [-0.2, 0) is 0 Å². The molecule has 0 atom stereocenters. The molecule has 0 amide bonds. The minimum atomic E-state index is 0.764. The van der Waals surface area contributed by atoms with Gasteiger partial charge in [-0.3, -0.25) is 10.1 Å². The summed E-state index contributed by atoms with van der Waals surface area (Å²) >= 11 is 0. The number of hydrogen-bond acceptors (Lipinski definition) is 3. The third kappa shape index (κ3) is 1.39. The van der Waals surface area contributed by atoms with Gasteiger partial charge in [-0.1, -0.05) is 0 Å². The van der Waals surface area contributed by atoms with Gasteiger partial charge in [0.25, 0.3) is 0 Å². The second-order valence-corrected chi connectivity index (χ2v) is 3.87. The van der Waals surface area contributed by atoms with E-state index < -0.39 is 0 Å². The highest BCUT2D eigenvalue weighted by molar-refractivity contribution is 5.96. The van der Waals surface area contributed by atoms with E-state index in [1.807, 2.05) is 30.5 Å². The van der Waals surface area contributed by atoms with Gasteiger partial charge >= 0.3 is 0 Å². The number of nitrogens with one attached hydrogen (secondary N) is 1. The lowest BCUT2D eigenvalue weighted by molar-refractivity contribution is 0.997. The molecular formula is C12H12N4. The molecule has 0 fully saturated rings. The van der Waals surface area contributed by atoms with E-state index in [1.165, 1.54) is 5.57 Å². The minimum absolute atomic E-state index is 0.764. The smallest absolute Gasteiger partial charge is 0.0961 e. The molecule has 1 aliphatic rings. The molecule has 1 aliphatic heterocycles. The Morgan fingerprint density at radius 1 is 1.31 bits per heavy atom. The van der Waals surface area contributed by atoms with Crippen LogP contribution < -0.4 is 5.73 Å². The number of rotatable bonds is 1. The number of allylic oxidation sites excluding steroid dienone is 1. The van der Waals surface area contributed by atoms with Gasteiger partial charge in [-0.25, -0.2) is 0 Å². The van der Waals surface area contributed by atoms with E-state index in [9.17, 15) is 0 Å². The van der Waals surface area contributed by atoms with E-state index in [0.29, 0.717) is 0 Å². The molecule has 80 valence electrons. The zero-order valence-electron chi connectivity index (χ0n) is 8.77. The van der Waals surface area contributed by atoms with Gasteiger partial charge < -0.3 is 5.73 Å². The molecule has 0 radical (unpaired) electrons. The summed E-state index contributed by atoms with van der Waals surface area (Å²) in [4.78, 5) is 4.17. The van der Waals surface area contributed by atoms with Gasteiger partial charge in [0, 0.05) is 23.8 Å². The molecule has 4 heteroatoms. The van der Waals surface area contributed by atoms with Crippen LogP contribution in [0.3, 0.4) is 0 Å². The van der Waals surface area contributed by atoms with Crippen molar-refractivity contribution in [3.05, 3.63) is 30.0 Å². The van der Waals surface area contributed by atoms with E-state index in [0.717, 1.165) is 35.2 Å². The molecule has 0 bridgehead atoms. The van der Waals surface area contributed by atoms with Gasteiger partial charge in [-0.05, 0) is 36.3 Å². The molecule has 0 saturated heterocycles. The van der Waals surface area contributed by atoms with Crippen LogP contribution in [0.25, 0.3) is 16.5 Å². The summed E-state index contributed by atoms with van der Waals surface area (Å²) in [6.45, 7) is 0.836. The van der Waals surface area contributed by atoms with Crippen molar-refractivity contribution in [1.29, 1.82) is 0 Å². The summed E-state index contributed by atoms with van der Waals surface area (Å²) in [5, 5.41) is 8.46. The van der Waals surface area contributed by atoms with Crippen molar-refractivity contribution in [3.63, 3.8) is 0 Å². The number of fused-ring (bicyclic) bond motifs is 1. The number of nitrogen functional groups attached to an aromatic ring is 1. The third-order valence-corrected chi connectivity index (χ3v) is 2.78. The first-order chi connectivity index (χ1) is 7.84. The lowest BCUT2D eigenvalue weighted by Gasteiger charge is -2.05. The largest absolute Gasteiger partial charge is 0.399 e. The predicted octanol–water partition coefficient (Wildman–Crippen LogP) is 2.00. The topological polar surface area (TPSA) is 67.1 Å². The van der Waals surface area contributed by atoms with Crippen molar-refractivity contribution in [1.82, 2.24) is 10.2 Å². The highest BCUT2D eigenvalue weighted by atomic mass is 15.1. The number of hydrogen-bond donors (Lipinski definition) is 2. The molecule has 0 saturated carbocycles. The minimum Gasteiger partial charge on any atom is -0.399 e. The first kappa shape index (κ1) is 9.15. The quantitative estimate of drug-likeness (QED) is 0.710. The number of anilines is 1. The first-order valence-corrected chi connectivity index (χ1v) is 5.27. The van der Waals surface area contributed by atoms with E-state index in [2.05, 4.69) is 15.2 Å². The number of aromatic nitrogens is 2. The van der Waals surface area contributed by atoms with Crippen molar-refractivity contribution in [2.24, 2.45) is 4.99 Å². The molecule has 0 spiro atoms. The standard InChI is InChI=1S/C12H12N4/c13-9-1-2-11-10(7-9)12(16-15-11)8-3-5-14-6-4-8/h1-3,5,7H,4,6,13H2,(H,15,16). The van der Waals surface area contributed by atoms with Gasteiger partial charge in [-0.15, -0.1) is 0 Å². The molecule has 3 rings (SSSR count). The Morgan fingerprint density at radius 3 is 3.06 bits per heavy atom. The van der Waals surface area contributed by atoms with Crippen molar-refractivity contribution in [2.75, 3.05) is 12.3 Å². The maximum absolute atomic E-state index is 5.79. The summed E-state index contributed by atoms with van der Waals surface area (Å²) in [5.41, 5.74) is 9.79. The Bertz CT molecular complexity index is 592. The van der Waals surface area contributed by atoms with Crippen molar-refractivity contribution in [2.45, 2.75) is 6.42 Å². The molecule has 0 unspecified atom stereocenters. The summed E-state index contributed by atoms with van der Waals surface area (Å²) in [6.07, 6.45) is 4.79. The maximum Gasteiger partial charge on any atom is 0.0961 e. The second kappa shape index (κ2) is 3.48. The molecule has 3 N–H and O–H groups in total. The second-order valence-electron chi connectivity index (χ2n) is 3.87. The fourth-order valence-electron chi connectivity index (χ4n) is 1.96. The fourth-order valence-corrected chi connectivity index (χ4v) is 1.96. The Labute approximate surface area is 92.9 Å². The zero-order valence-corrected chi connectivity index (χ0v) is 8.77. The molecule has 4 nitrogen and oxygen atoms in total. The number of benzene rings is 1. The molecule has 16 heavy (non-hydrogen) atoms. The van der Waals surface area contributed by atoms with Gasteiger partial charge in [0.15, 0.2) is 0 Å². The molecule has 2 aromatic rings. The van der Waals surface area contributed by atoms with Gasteiger partial charge in [0.1, 0.15) is 0 Å². The average molecular weight is 212 g/mol. The van der Waals surface area contributed by atoms with E-state index in [4.69, 9.17) is 5.73 Å². The fraction of sp³-hybridized carbons (Fsp3) is 0.167. The molecule has 1 aromatic carbocycles. The number of dihydropyridines is 1. The van der Waals surface area contributed by atoms with Crippen LogP contribution in [-0.4, -0.2) is 23.0 Å². The summed E-state index contributed by atoms with van der Waals surface area (Å²) in [5.74, 6) is 0. The van der Waals surface area contributed by atoms with Crippen LogP contribution in [0, 0.1) is 0 Å². The number of nitrogens with zero attached hydrogens (tertiary/aromatic N) is 2. The van der Waals surface area contributed by atoms with E-state index in [1.54, 1.807) is 0 Å². The van der Waals surface area contributed by atoms with Crippen LogP contribution >= 0.6 is 0 Å². The summed E-state index contributed by atoms with van der Waals surface area (Å²) in [7, 11) is 0. The Hall–Kier alpha value is -2.10. The lowest BCUT2D eigenvalue weighted by atomic mass is 10.0. The number of H-pyrrole nitrogens is 1. The first-order valence-electron chi connectivity index (χ1n) is 5.27. The highest BCUT2D eigenvalue weighted by Gasteiger charge is 2.11. The van der Waals surface area contributed by atoms with Crippen molar-refractivity contribution in [3.8, 4) is 0 Å². The monoisotopic (exact) mass is 212 g/mol. The number of nitrogens with two attached hydrogens (primary N) is 1. The summed E-state index contributed by atoms with van der Waals surface area (Å²) < 4.78 is 0. The zero-order chi connectivity index (χ0) is 11.0. The number of aromatic amines is 1. The summed E-state index contributed by atoms with van der Waals surface area (Å²) in [6, 6.07) is 5.79. The Morgan fingerprint density at radius 2 is 2.25 bits per heavy atom. The molecule has 2 heterocycles. The average Bonchev–Trinajstić information content (AvgIpc) is 2.73. The van der Waals surface area contributed by atoms with Gasteiger partial charge in [0.2, 0.25) is 0 Å². The maximum atomic E-state index is 5.79. The molecular weight excluding hydrogens is 200 g/mol. The van der Waals surface area contributed by atoms with Crippen LogP contribution in [0.2, 0.25) is 0 Å². The van der Waals surface area contributed by atoms with E-state index in [-0.39, 0.29) is 0 Å². The highest BCUT2D eigenvalue weighted by Crippen LogP contribution is 2.27. The Balaban J connectivity index is 2.20. The third-order valence-electron chi connectivity index (χ3n) is 2.78. The van der Waals surface area contributed by atoms with Crippen LogP contribution in [0.1, 0.15) is 12.1 Å². The van der Waals surface area contributed by atoms with Crippen LogP contribution in [0.4, 0.5) is 5.69 Å². The van der Waals surface area contributed by atoms with Gasteiger partial charge in [-0.2, -0.15) is 5.10 Å². The number of aliphatic imine (C=N–C) groups is 1. The Kier molecular flexibility index (Phi) is 1.99. The van der Waals surface area contributed by atoms with Crippen molar-refractivity contribution < 1.29 is 0 Å². The SMILES string of the molecule is Nc1ccc2[nH]nc(C3=CC=NCC3)c2c1. The van der Waals surface area contributed by atoms with Crippen LogP contribution in [0.5, 0.6) is 0 Å². The predicted molar refractivity (Wildman–Crippen MR) is 66.5 cm³/mol. The van der Waals surface area contributed by atoms with E-state index >= 15 is 0 Å². The van der Waals surface area contributed by atoms with Crippen LogP contribution in [0.15, 0.2) is 29.3 Å². The lowest BCUT2D eigenvalue weighted by Crippen LogP contribution is -1.95. The van der Waals surface area contributed by atoms with Crippen molar-refractivity contribution >= 4 is 28.4 Å². The molecule has 1 aromatic heterocycles.